The van der Waals surface area contributed by atoms with Crippen LogP contribution in [0.5, 0.6) is 0 Å². The second-order valence-corrected chi connectivity index (χ2v) is 8.11. The van der Waals surface area contributed by atoms with Crippen molar-refractivity contribution < 1.29 is 14.6 Å². The molecule has 0 fully saturated rings. The Labute approximate surface area is 199 Å². The van der Waals surface area contributed by atoms with E-state index < -0.39 is 9.85 Å². The molecule has 0 spiro atoms. The molecule has 0 atom stereocenters. The second kappa shape index (κ2) is 8.71. The summed E-state index contributed by atoms with van der Waals surface area (Å²) in [6, 6.07) is 23.2. The summed E-state index contributed by atoms with van der Waals surface area (Å²) in [4.78, 5) is 34.3. The highest BCUT2D eigenvalue weighted by Crippen LogP contribution is 2.33. The largest absolute Gasteiger partial charge is 0.355 e. The molecule has 0 heterocycles. The Bertz CT molecular complexity index is 1400. The van der Waals surface area contributed by atoms with E-state index in [0.717, 1.165) is 11.1 Å². The van der Waals surface area contributed by atoms with Gasteiger partial charge in [-0.2, -0.15) is 0 Å². The summed E-state index contributed by atoms with van der Waals surface area (Å²) in [5.41, 5.74) is 5.45. The maximum absolute atomic E-state index is 13.1. The maximum atomic E-state index is 13.1. The number of carbonyl (C=O) groups excluding carboxylic acids is 1. The number of fused-ring (bicyclic) bond motifs is 2. The van der Waals surface area contributed by atoms with Gasteiger partial charge in [-0.3, -0.25) is 25.0 Å². The van der Waals surface area contributed by atoms with Gasteiger partial charge in [0.2, 0.25) is 0 Å². The molecule has 9 heteroatoms. The zero-order chi connectivity index (χ0) is 24.5. The molecule has 9 nitrogen and oxygen atoms in total. The van der Waals surface area contributed by atoms with Crippen LogP contribution in [0.25, 0.3) is 0 Å². The Morgan fingerprint density at radius 2 is 1.03 bits per heavy atom. The molecule has 0 bridgehead atoms. The molecule has 1 aliphatic rings. The van der Waals surface area contributed by atoms with E-state index in [1.165, 1.54) is 24.3 Å². The molecule has 4 aromatic carbocycles. The fourth-order valence-corrected chi connectivity index (χ4v) is 4.16. The lowest BCUT2D eigenvalue weighted by Crippen LogP contribution is -2.15. The topological polar surface area (TPSA) is 127 Å². The number of nitrogens with zero attached hydrogens (tertiary/aromatic N) is 2. The number of hydrogen-bond acceptors (Lipinski definition) is 7. The molecule has 0 saturated heterocycles. The van der Waals surface area contributed by atoms with E-state index in [1.807, 2.05) is 12.1 Å². The first-order chi connectivity index (χ1) is 16.9. The van der Waals surface area contributed by atoms with Gasteiger partial charge in [0.15, 0.2) is 5.78 Å². The molecule has 172 valence electrons. The molecule has 1 aliphatic carbocycles. The van der Waals surface area contributed by atoms with Crippen molar-refractivity contribution in [2.75, 3.05) is 10.6 Å². The van der Waals surface area contributed by atoms with Crippen molar-refractivity contribution in [3.63, 3.8) is 0 Å². The van der Waals surface area contributed by atoms with E-state index in [1.54, 1.807) is 48.5 Å². The number of nitrogens with one attached hydrogen (secondary N) is 2. The van der Waals surface area contributed by atoms with Gasteiger partial charge < -0.3 is 10.6 Å². The summed E-state index contributed by atoms with van der Waals surface area (Å²) in [6.45, 7) is 0. The maximum Gasteiger partial charge on any atom is 0.271 e. The third kappa shape index (κ3) is 4.42. The Morgan fingerprint density at radius 1 is 0.600 bits per heavy atom. The van der Waals surface area contributed by atoms with Gasteiger partial charge in [-0.15, -0.1) is 0 Å². The van der Waals surface area contributed by atoms with E-state index in [4.69, 9.17) is 0 Å². The van der Waals surface area contributed by atoms with Crippen LogP contribution in [0.3, 0.4) is 0 Å². The van der Waals surface area contributed by atoms with Crippen molar-refractivity contribution in [1.82, 2.24) is 0 Å². The van der Waals surface area contributed by atoms with Crippen LogP contribution in [0.15, 0.2) is 84.9 Å². The minimum Gasteiger partial charge on any atom is -0.355 e. The Balaban J connectivity index is 1.40. The van der Waals surface area contributed by atoms with Gasteiger partial charge in [-0.25, -0.2) is 0 Å². The molecule has 0 radical (unpaired) electrons. The lowest BCUT2D eigenvalue weighted by molar-refractivity contribution is -0.385. The van der Waals surface area contributed by atoms with Gasteiger partial charge in [0.25, 0.3) is 11.4 Å². The van der Waals surface area contributed by atoms with Gasteiger partial charge in [0.05, 0.1) is 9.85 Å². The highest BCUT2D eigenvalue weighted by atomic mass is 16.6. The van der Waals surface area contributed by atoms with Crippen molar-refractivity contribution in [2.24, 2.45) is 0 Å². The van der Waals surface area contributed by atoms with Crippen molar-refractivity contribution in [1.29, 1.82) is 0 Å². The summed E-state index contributed by atoms with van der Waals surface area (Å²) in [6.07, 6.45) is 0.519. The second-order valence-electron chi connectivity index (χ2n) is 8.11. The number of nitro groups is 2. The van der Waals surface area contributed by atoms with E-state index >= 15 is 0 Å². The molecular weight excluding hydrogens is 448 g/mol. The number of benzene rings is 4. The molecule has 0 saturated carbocycles. The molecule has 5 rings (SSSR count). The van der Waals surface area contributed by atoms with Crippen LogP contribution in [-0.2, 0) is 6.42 Å². The number of hydrogen-bond donors (Lipinski definition) is 2. The lowest BCUT2D eigenvalue weighted by Gasteiger charge is -2.21. The van der Waals surface area contributed by atoms with Crippen molar-refractivity contribution in [3.05, 3.63) is 127 Å². The van der Waals surface area contributed by atoms with Crippen LogP contribution in [0, 0.1) is 20.2 Å². The van der Waals surface area contributed by atoms with Crippen LogP contribution < -0.4 is 10.6 Å². The first kappa shape index (κ1) is 21.8. The summed E-state index contributed by atoms with van der Waals surface area (Å²) < 4.78 is 0. The van der Waals surface area contributed by atoms with Crippen LogP contribution in [-0.4, -0.2) is 15.6 Å². The molecule has 0 aromatic heterocycles. The zero-order valence-corrected chi connectivity index (χ0v) is 18.2. The predicted molar refractivity (Wildman–Crippen MR) is 132 cm³/mol. The monoisotopic (exact) mass is 466 g/mol. The first-order valence-corrected chi connectivity index (χ1v) is 10.7. The highest BCUT2D eigenvalue weighted by molar-refractivity contribution is 6.12. The number of anilines is 4. The SMILES string of the molecule is O=C1c2ccc(Nc3cccc([N+](=O)[O-])c3)cc2Cc2cc(Nc3cccc([N+](=O)[O-])c3)ccc21. The number of carbonyl (C=O) groups is 1. The average molecular weight is 466 g/mol. The number of ketones is 1. The smallest absolute Gasteiger partial charge is 0.271 e. The third-order valence-electron chi connectivity index (χ3n) is 5.77. The number of non-ortho nitro benzene ring substituents is 2. The zero-order valence-electron chi connectivity index (χ0n) is 18.2. The standard InChI is InChI=1S/C26H18N4O5/c31-26-24-9-7-20(27-18-3-1-5-22(14-18)29(32)33)12-16(24)11-17-13-21(8-10-25(17)26)28-19-4-2-6-23(15-19)30(34)35/h1-10,12-15,27-28H,11H2. The van der Waals surface area contributed by atoms with Gasteiger partial charge in [-0.05, 0) is 66.1 Å². The van der Waals surface area contributed by atoms with Crippen molar-refractivity contribution in [3.8, 4) is 0 Å². The number of rotatable bonds is 6. The Kier molecular flexibility index (Phi) is 5.42. The molecule has 0 unspecified atom stereocenters. The van der Waals surface area contributed by atoms with E-state index in [-0.39, 0.29) is 17.2 Å². The highest BCUT2D eigenvalue weighted by Gasteiger charge is 2.24. The first-order valence-electron chi connectivity index (χ1n) is 10.7. The molecular formula is C26H18N4O5. The predicted octanol–water partition coefficient (Wildman–Crippen LogP) is 6.13. The van der Waals surface area contributed by atoms with E-state index in [2.05, 4.69) is 10.6 Å². The summed E-state index contributed by atoms with van der Waals surface area (Å²) in [5.74, 6) is -0.0787. The molecule has 4 aromatic rings. The van der Waals surface area contributed by atoms with Crippen LogP contribution in [0.4, 0.5) is 34.1 Å². The Hall–Kier alpha value is -5.05. The third-order valence-corrected chi connectivity index (χ3v) is 5.77. The van der Waals surface area contributed by atoms with Crippen molar-refractivity contribution in [2.45, 2.75) is 6.42 Å². The van der Waals surface area contributed by atoms with E-state index in [0.29, 0.717) is 40.3 Å². The van der Waals surface area contributed by atoms with Crippen LogP contribution in [0.2, 0.25) is 0 Å². The molecule has 0 aliphatic heterocycles. The van der Waals surface area contributed by atoms with E-state index in [9.17, 15) is 25.0 Å². The number of nitro benzene ring substituents is 2. The lowest BCUT2D eigenvalue weighted by atomic mass is 9.84. The Morgan fingerprint density at radius 3 is 1.46 bits per heavy atom. The van der Waals surface area contributed by atoms with Gasteiger partial charge >= 0.3 is 0 Å². The van der Waals surface area contributed by atoms with Crippen LogP contribution in [0.1, 0.15) is 27.0 Å². The summed E-state index contributed by atoms with van der Waals surface area (Å²) in [7, 11) is 0. The minimum atomic E-state index is -0.451. The fourth-order valence-electron chi connectivity index (χ4n) is 4.16. The summed E-state index contributed by atoms with van der Waals surface area (Å²) in [5, 5.41) is 28.4. The molecule has 35 heavy (non-hydrogen) atoms. The van der Waals surface area contributed by atoms with Crippen LogP contribution >= 0.6 is 0 Å². The van der Waals surface area contributed by atoms with Gasteiger partial charge in [0, 0.05) is 58.1 Å². The van der Waals surface area contributed by atoms with Gasteiger partial charge in [0.1, 0.15) is 0 Å². The van der Waals surface area contributed by atoms with Crippen molar-refractivity contribution >= 4 is 39.9 Å². The molecule has 0 amide bonds. The fraction of sp³-hybridized carbons (Fsp3) is 0.0385. The minimum absolute atomic E-state index is 0.0131. The van der Waals surface area contributed by atoms with Gasteiger partial charge in [-0.1, -0.05) is 12.1 Å². The quantitative estimate of drug-likeness (QED) is 0.228. The molecule has 2 N–H and O–H groups in total. The average Bonchev–Trinajstić information content (AvgIpc) is 2.84. The summed E-state index contributed by atoms with van der Waals surface area (Å²) >= 11 is 0. The normalized spacial score (nSPS) is 11.8.